The summed E-state index contributed by atoms with van der Waals surface area (Å²) >= 11 is 1.65. The number of hydrogen-bond donors (Lipinski definition) is 1. The van der Waals surface area contributed by atoms with E-state index in [4.69, 9.17) is 9.84 Å². The van der Waals surface area contributed by atoms with Crippen LogP contribution in [-0.4, -0.2) is 37.3 Å². The van der Waals surface area contributed by atoms with E-state index in [9.17, 15) is 0 Å². The Hall–Kier alpha value is -2.19. The number of aryl methyl sites for hydroxylation is 2. The Bertz CT molecular complexity index is 905. The maximum absolute atomic E-state index is 5.82. The first-order chi connectivity index (χ1) is 13.1. The van der Waals surface area contributed by atoms with Crippen LogP contribution in [-0.2, 0) is 24.9 Å². The lowest BCUT2D eigenvalue weighted by Crippen LogP contribution is -2.24. The summed E-state index contributed by atoms with van der Waals surface area (Å²) in [7, 11) is 1.96. The SMILES string of the molecule is Cc1nc(NCc2cnn(C)c2C)sc1-c1ccn(CC2CCCCO2)n1. The first kappa shape index (κ1) is 18.2. The van der Waals surface area contributed by atoms with E-state index in [1.54, 1.807) is 11.3 Å². The normalized spacial score (nSPS) is 17.4. The maximum Gasteiger partial charge on any atom is 0.183 e. The highest BCUT2D eigenvalue weighted by molar-refractivity contribution is 7.19. The van der Waals surface area contributed by atoms with Crippen LogP contribution >= 0.6 is 11.3 Å². The first-order valence-electron chi connectivity index (χ1n) is 9.44. The van der Waals surface area contributed by atoms with E-state index in [-0.39, 0.29) is 6.10 Å². The number of aromatic nitrogens is 5. The number of anilines is 1. The average Bonchev–Trinajstić information content (AvgIpc) is 3.35. The van der Waals surface area contributed by atoms with Gasteiger partial charge in [0.2, 0.25) is 0 Å². The summed E-state index contributed by atoms with van der Waals surface area (Å²) in [6.45, 7) is 6.53. The summed E-state index contributed by atoms with van der Waals surface area (Å²) in [5.41, 5.74) is 4.33. The molecular formula is C19H26N6OS. The molecule has 1 atom stereocenters. The van der Waals surface area contributed by atoms with Crippen molar-refractivity contribution in [1.29, 1.82) is 0 Å². The highest BCUT2D eigenvalue weighted by Crippen LogP contribution is 2.32. The Balaban J connectivity index is 1.42. The molecule has 1 N–H and O–H groups in total. The lowest BCUT2D eigenvalue weighted by Gasteiger charge is -2.22. The standard InChI is InChI=1S/C19H26N6OS/c1-13-18(17-7-8-25(23-17)12-16-6-4-5-9-26-16)27-19(22-13)20-10-15-11-21-24(3)14(15)2/h7-8,11,16H,4-6,9-10,12H2,1-3H3,(H,20,22). The van der Waals surface area contributed by atoms with Crippen molar-refractivity contribution in [2.24, 2.45) is 7.05 Å². The summed E-state index contributed by atoms with van der Waals surface area (Å²) in [6, 6.07) is 2.07. The van der Waals surface area contributed by atoms with E-state index >= 15 is 0 Å². The predicted octanol–water partition coefficient (Wildman–Crippen LogP) is 3.54. The number of nitrogens with zero attached hydrogens (tertiary/aromatic N) is 5. The molecule has 4 rings (SSSR count). The van der Waals surface area contributed by atoms with Crippen LogP contribution in [0.1, 0.15) is 36.2 Å². The molecule has 1 fully saturated rings. The van der Waals surface area contributed by atoms with Gasteiger partial charge in [0.1, 0.15) is 5.69 Å². The van der Waals surface area contributed by atoms with Crippen molar-refractivity contribution in [2.75, 3.05) is 11.9 Å². The van der Waals surface area contributed by atoms with Crippen LogP contribution in [0.2, 0.25) is 0 Å². The molecule has 0 spiro atoms. The van der Waals surface area contributed by atoms with Gasteiger partial charge in [-0.15, -0.1) is 0 Å². The molecule has 1 unspecified atom stereocenters. The van der Waals surface area contributed by atoms with Crippen LogP contribution in [0.4, 0.5) is 5.13 Å². The molecular weight excluding hydrogens is 360 g/mol. The smallest absolute Gasteiger partial charge is 0.183 e. The number of thiazole rings is 1. The monoisotopic (exact) mass is 386 g/mol. The quantitative estimate of drug-likeness (QED) is 0.702. The van der Waals surface area contributed by atoms with Gasteiger partial charge in [-0.2, -0.15) is 10.2 Å². The average molecular weight is 387 g/mol. The van der Waals surface area contributed by atoms with Crippen molar-refractivity contribution in [1.82, 2.24) is 24.5 Å². The fourth-order valence-corrected chi connectivity index (χ4v) is 4.27. The van der Waals surface area contributed by atoms with Gasteiger partial charge >= 0.3 is 0 Å². The molecule has 3 aromatic heterocycles. The molecule has 4 heterocycles. The van der Waals surface area contributed by atoms with E-state index in [0.29, 0.717) is 0 Å². The highest BCUT2D eigenvalue weighted by atomic mass is 32.1. The molecule has 0 aromatic carbocycles. The Morgan fingerprint density at radius 3 is 2.96 bits per heavy atom. The van der Waals surface area contributed by atoms with Gasteiger partial charge in [-0.25, -0.2) is 4.98 Å². The van der Waals surface area contributed by atoms with Crippen molar-refractivity contribution >= 4 is 16.5 Å². The minimum atomic E-state index is 0.286. The summed E-state index contributed by atoms with van der Waals surface area (Å²) in [5.74, 6) is 0. The zero-order chi connectivity index (χ0) is 18.8. The molecule has 8 heteroatoms. The zero-order valence-electron chi connectivity index (χ0n) is 16.1. The van der Waals surface area contributed by atoms with E-state index in [1.165, 1.54) is 24.1 Å². The Labute approximate surface area is 163 Å². The third-order valence-electron chi connectivity index (χ3n) is 5.10. The fraction of sp³-hybridized carbons (Fsp3) is 0.526. The van der Waals surface area contributed by atoms with Gasteiger partial charge in [0, 0.05) is 37.7 Å². The van der Waals surface area contributed by atoms with Crippen LogP contribution in [0.15, 0.2) is 18.5 Å². The first-order valence-corrected chi connectivity index (χ1v) is 10.3. The molecule has 0 aliphatic carbocycles. The topological polar surface area (TPSA) is 69.8 Å². The van der Waals surface area contributed by atoms with Crippen molar-refractivity contribution < 1.29 is 4.74 Å². The van der Waals surface area contributed by atoms with Gasteiger partial charge in [-0.3, -0.25) is 9.36 Å². The van der Waals surface area contributed by atoms with Crippen molar-refractivity contribution in [3.63, 3.8) is 0 Å². The molecule has 1 aliphatic rings. The minimum Gasteiger partial charge on any atom is -0.376 e. The third kappa shape index (κ3) is 4.06. The number of nitrogens with one attached hydrogen (secondary N) is 1. The van der Waals surface area contributed by atoms with Crippen molar-refractivity contribution in [3.8, 4) is 10.6 Å². The summed E-state index contributed by atoms with van der Waals surface area (Å²) in [6.07, 6.45) is 7.77. The maximum atomic E-state index is 5.82. The molecule has 3 aromatic rings. The van der Waals surface area contributed by atoms with E-state index < -0.39 is 0 Å². The molecule has 1 aliphatic heterocycles. The molecule has 1 saturated heterocycles. The second kappa shape index (κ2) is 7.82. The van der Waals surface area contributed by atoms with E-state index in [1.807, 2.05) is 35.7 Å². The minimum absolute atomic E-state index is 0.286. The van der Waals surface area contributed by atoms with E-state index in [0.717, 1.165) is 47.5 Å². The van der Waals surface area contributed by atoms with Crippen molar-refractivity contribution in [3.05, 3.63) is 35.4 Å². The lowest BCUT2D eigenvalue weighted by molar-refractivity contribution is 0.00403. The molecule has 0 amide bonds. The van der Waals surface area contributed by atoms with Gasteiger partial charge in [0.25, 0.3) is 0 Å². The van der Waals surface area contributed by atoms with Crippen molar-refractivity contribution in [2.45, 2.75) is 52.3 Å². The Kier molecular flexibility index (Phi) is 5.27. The van der Waals surface area contributed by atoms with Gasteiger partial charge in [0.15, 0.2) is 5.13 Å². The predicted molar refractivity (Wildman–Crippen MR) is 107 cm³/mol. The van der Waals surface area contributed by atoms with Crippen LogP contribution in [0.25, 0.3) is 10.6 Å². The lowest BCUT2D eigenvalue weighted by atomic mass is 10.1. The van der Waals surface area contributed by atoms with Crippen LogP contribution < -0.4 is 5.32 Å². The number of hydrogen-bond acceptors (Lipinski definition) is 6. The molecule has 0 radical (unpaired) electrons. The van der Waals surface area contributed by atoms with Gasteiger partial charge in [0.05, 0.1) is 29.4 Å². The fourth-order valence-electron chi connectivity index (χ4n) is 3.34. The second-order valence-corrected chi connectivity index (χ2v) is 8.08. The highest BCUT2D eigenvalue weighted by Gasteiger charge is 2.17. The number of rotatable bonds is 6. The molecule has 7 nitrogen and oxygen atoms in total. The Morgan fingerprint density at radius 1 is 1.33 bits per heavy atom. The summed E-state index contributed by atoms with van der Waals surface area (Å²) < 4.78 is 9.71. The summed E-state index contributed by atoms with van der Waals surface area (Å²) in [5, 5.41) is 13.4. The Morgan fingerprint density at radius 2 is 2.22 bits per heavy atom. The van der Waals surface area contributed by atoms with Gasteiger partial charge in [-0.05, 0) is 39.2 Å². The molecule has 0 saturated carbocycles. The van der Waals surface area contributed by atoms with Gasteiger partial charge < -0.3 is 10.1 Å². The summed E-state index contributed by atoms with van der Waals surface area (Å²) in [4.78, 5) is 5.78. The molecule has 27 heavy (non-hydrogen) atoms. The van der Waals surface area contributed by atoms with Crippen LogP contribution in [0, 0.1) is 13.8 Å². The molecule has 144 valence electrons. The third-order valence-corrected chi connectivity index (χ3v) is 6.24. The number of ether oxygens (including phenoxy) is 1. The van der Waals surface area contributed by atoms with Gasteiger partial charge in [-0.1, -0.05) is 11.3 Å². The second-order valence-electron chi connectivity index (χ2n) is 7.08. The zero-order valence-corrected chi connectivity index (χ0v) is 16.9. The van der Waals surface area contributed by atoms with E-state index in [2.05, 4.69) is 28.4 Å². The van der Waals surface area contributed by atoms with Crippen LogP contribution in [0.3, 0.4) is 0 Å². The van der Waals surface area contributed by atoms with Crippen LogP contribution in [0.5, 0.6) is 0 Å². The molecule has 0 bridgehead atoms. The largest absolute Gasteiger partial charge is 0.376 e.